The van der Waals surface area contributed by atoms with E-state index >= 15 is 0 Å². The van der Waals surface area contributed by atoms with Crippen LogP contribution in [0.25, 0.3) is 0 Å². The van der Waals surface area contributed by atoms with Gasteiger partial charge in [-0.25, -0.2) is 0 Å². The molecule has 20 heavy (non-hydrogen) atoms. The summed E-state index contributed by atoms with van der Waals surface area (Å²) < 4.78 is 0. The van der Waals surface area contributed by atoms with Crippen molar-refractivity contribution in [3.05, 3.63) is 0 Å². The number of rotatable bonds is 8. The quantitative estimate of drug-likeness (QED) is 0.388. The monoisotopic (exact) mass is 282 g/mol. The summed E-state index contributed by atoms with van der Waals surface area (Å²) in [5.41, 5.74) is 1.10. The Hall–Kier alpha value is -1.06. The Balaban J connectivity index is 2.06. The zero-order chi connectivity index (χ0) is 14.8. The van der Waals surface area contributed by atoms with E-state index in [1.807, 2.05) is 4.90 Å². The van der Waals surface area contributed by atoms with Crippen molar-refractivity contribution in [3.8, 4) is 0 Å². The number of carbonyl (C=O) groups excluding carboxylic acids is 1. The molecule has 116 valence electrons. The first kappa shape index (κ1) is 17.0. The molecule has 1 rings (SSSR count). The Bertz CT molecular complexity index is 302. The summed E-state index contributed by atoms with van der Waals surface area (Å²) in [6.45, 7) is 8.94. The lowest BCUT2D eigenvalue weighted by Gasteiger charge is -2.30. The third-order valence-corrected chi connectivity index (χ3v) is 4.02. The second-order valence-electron chi connectivity index (χ2n) is 5.72. The maximum atomic E-state index is 12.0. The molecule has 1 amide bonds. The van der Waals surface area contributed by atoms with Gasteiger partial charge < -0.3 is 9.74 Å². The van der Waals surface area contributed by atoms with Crippen molar-refractivity contribution >= 4 is 11.6 Å². The average molecular weight is 282 g/mol. The number of piperidine rings is 1. The third-order valence-electron chi connectivity index (χ3n) is 4.02. The van der Waals surface area contributed by atoms with E-state index in [1.54, 1.807) is 0 Å². The van der Waals surface area contributed by atoms with Gasteiger partial charge in [-0.2, -0.15) is 0 Å². The van der Waals surface area contributed by atoms with E-state index in [9.17, 15) is 4.79 Å². The molecule has 0 radical (unpaired) electrons. The Labute approximate surface area is 123 Å². The first-order chi connectivity index (χ1) is 9.67. The summed E-state index contributed by atoms with van der Waals surface area (Å²) in [5, 5.41) is 4.10. The van der Waals surface area contributed by atoms with Gasteiger partial charge in [0.1, 0.15) is 6.61 Å². The molecule has 1 saturated heterocycles. The minimum atomic E-state index is 0.309. The maximum absolute atomic E-state index is 12.0. The highest BCUT2D eigenvalue weighted by molar-refractivity contribution is 5.83. The van der Waals surface area contributed by atoms with Crippen molar-refractivity contribution in [2.45, 2.75) is 65.7 Å². The van der Waals surface area contributed by atoms with Gasteiger partial charge in [-0.3, -0.25) is 4.79 Å². The Morgan fingerprint density at radius 2 is 1.85 bits per heavy atom. The molecule has 0 aromatic carbocycles. The van der Waals surface area contributed by atoms with Gasteiger partial charge in [0.15, 0.2) is 0 Å². The predicted molar refractivity (Wildman–Crippen MR) is 82.8 cm³/mol. The SMILES string of the molecule is CCC(CC)=NOCCCCC(=O)N1CCC(C)CC1. The Morgan fingerprint density at radius 3 is 2.45 bits per heavy atom. The average Bonchev–Trinajstić information content (AvgIpc) is 2.47. The van der Waals surface area contributed by atoms with Gasteiger partial charge in [-0.15, -0.1) is 0 Å². The number of unbranched alkanes of at least 4 members (excludes halogenated alkanes) is 1. The van der Waals surface area contributed by atoms with Gasteiger partial charge >= 0.3 is 0 Å². The van der Waals surface area contributed by atoms with Crippen molar-refractivity contribution in [2.75, 3.05) is 19.7 Å². The van der Waals surface area contributed by atoms with E-state index in [0.717, 1.165) is 63.2 Å². The minimum Gasteiger partial charge on any atom is -0.396 e. The fourth-order valence-electron chi connectivity index (χ4n) is 2.37. The van der Waals surface area contributed by atoms with Crippen LogP contribution in [0.15, 0.2) is 5.16 Å². The van der Waals surface area contributed by atoms with Crippen LogP contribution in [0.4, 0.5) is 0 Å². The Kier molecular flexibility index (Phi) is 8.31. The van der Waals surface area contributed by atoms with Crippen LogP contribution in [0, 0.1) is 5.92 Å². The molecule has 0 bridgehead atoms. The summed E-state index contributed by atoms with van der Waals surface area (Å²) in [6, 6.07) is 0. The normalized spacial score (nSPS) is 16.1. The molecule has 0 unspecified atom stereocenters. The second-order valence-corrected chi connectivity index (χ2v) is 5.72. The van der Waals surface area contributed by atoms with E-state index < -0.39 is 0 Å². The molecule has 1 fully saturated rings. The van der Waals surface area contributed by atoms with Gasteiger partial charge in [0.25, 0.3) is 0 Å². The molecule has 0 N–H and O–H groups in total. The molecule has 0 aliphatic carbocycles. The lowest BCUT2D eigenvalue weighted by Crippen LogP contribution is -2.37. The number of hydrogen-bond acceptors (Lipinski definition) is 3. The van der Waals surface area contributed by atoms with Gasteiger partial charge in [0.05, 0.1) is 5.71 Å². The highest BCUT2D eigenvalue weighted by atomic mass is 16.6. The van der Waals surface area contributed by atoms with Crippen LogP contribution in [-0.2, 0) is 9.63 Å². The zero-order valence-corrected chi connectivity index (χ0v) is 13.4. The number of nitrogens with zero attached hydrogens (tertiary/aromatic N) is 2. The molecule has 0 aromatic rings. The van der Waals surface area contributed by atoms with Crippen molar-refractivity contribution in [1.29, 1.82) is 0 Å². The summed E-state index contributed by atoms with van der Waals surface area (Å²) in [4.78, 5) is 19.3. The molecule has 0 aromatic heterocycles. The van der Waals surface area contributed by atoms with Gasteiger partial charge in [0.2, 0.25) is 5.91 Å². The first-order valence-electron chi connectivity index (χ1n) is 8.12. The van der Waals surface area contributed by atoms with Gasteiger partial charge in [-0.05, 0) is 44.4 Å². The lowest BCUT2D eigenvalue weighted by molar-refractivity contribution is -0.132. The van der Waals surface area contributed by atoms with Crippen LogP contribution in [0.2, 0.25) is 0 Å². The zero-order valence-electron chi connectivity index (χ0n) is 13.4. The van der Waals surface area contributed by atoms with E-state index in [0.29, 0.717) is 18.9 Å². The minimum absolute atomic E-state index is 0.309. The summed E-state index contributed by atoms with van der Waals surface area (Å²) in [7, 11) is 0. The van der Waals surface area contributed by atoms with E-state index in [2.05, 4.69) is 25.9 Å². The molecule has 1 aliphatic heterocycles. The standard InChI is InChI=1S/C16H30N2O2/c1-4-15(5-2)17-20-13-7-6-8-16(19)18-11-9-14(3)10-12-18/h14H,4-13H2,1-3H3. The molecule has 4 nitrogen and oxygen atoms in total. The highest BCUT2D eigenvalue weighted by Gasteiger charge is 2.19. The van der Waals surface area contributed by atoms with Crippen molar-refractivity contribution in [1.82, 2.24) is 4.90 Å². The van der Waals surface area contributed by atoms with Crippen LogP contribution < -0.4 is 0 Å². The van der Waals surface area contributed by atoms with E-state index in [1.165, 1.54) is 0 Å². The van der Waals surface area contributed by atoms with Crippen LogP contribution in [0.1, 0.15) is 65.7 Å². The molecule has 0 spiro atoms. The van der Waals surface area contributed by atoms with Crippen LogP contribution >= 0.6 is 0 Å². The largest absolute Gasteiger partial charge is 0.396 e. The van der Waals surface area contributed by atoms with E-state index in [-0.39, 0.29) is 0 Å². The summed E-state index contributed by atoms with van der Waals surface area (Å²) in [5.74, 6) is 1.08. The number of carbonyl (C=O) groups is 1. The molecule has 0 saturated carbocycles. The second kappa shape index (κ2) is 9.78. The molecule has 4 heteroatoms. The van der Waals surface area contributed by atoms with Crippen LogP contribution in [0.3, 0.4) is 0 Å². The van der Waals surface area contributed by atoms with Crippen molar-refractivity contribution in [3.63, 3.8) is 0 Å². The smallest absolute Gasteiger partial charge is 0.222 e. The molecule has 0 atom stereocenters. The summed E-state index contributed by atoms with van der Waals surface area (Å²) >= 11 is 0. The molecule has 1 heterocycles. The fourth-order valence-corrected chi connectivity index (χ4v) is 2.37. The van der Waals surface area contributed by atoms with Crippen molar-refractivity contribution in [2.24, 2.45) is 11.1 Å². The van der Waals surface area contributed by atoms with Crippen LogP contribution in [0.5, 0.6) is 0 Å². The molecular weight excluding hydrogens is 252 g/mol. The van der Waals surface area contributed by atoms with Crippen molar-refractivity contribution < 1.29 is 9.63 Å². The summed E-state index contributed by atoms with van der Waals surface area (Å²) in [6.07, 6.45) is 6.65. The third kappa shape index (κ3) is 6.40. The number of oxime groups is 1. The lowest BCUT2D eigenvalue weighted by atomic mass is 9.99. The maximum Gasteiger partial charge on any atom is 0.222 e. The first-order valence-corrected chi connectivity index (χ1v) is 8.12. The molecule has 1 aliphatic rings. The number of likely N-dealkylation sites (tertiary alicyclic amines) is 1. The predicted octanol–water partition coefficient (Wildman–Crippen LogP) is 3.61. The van der Waals surface area contributed by atoms with Gasteiger partial charge in [0, 0.05) is 19.5 Å². The number of hydrogen-bond donors (Lipinski definition) is 0. The topological polar surface area (TPSA) is 41.9 Å². The highest BCUT2D eigenvalue weighted by Crippen LogP contribution is 2.17. The van der Waals surface area contributed by atoms with E-state index in [4.69, 9.17) is 4.84 Å². The Morgan fingerprint density at radius 1 is 1.20 bits per heavy atom. The number of amides is 1. The molecular formula is C16H30N2O2. The van der Waals surface area contributed by atoms with Gasteiger partial charge in [-0.1, -0.05) is 25.9 Å². The fraction of sp³-hybridized carbons (Fsp3) is 0.875. The van der Waals surface area contributed by atoms with Crippen LogP contribution in [-0.4, -0.2) is 36.2 Å².